The number of aromatic amines is 1. The molecule has 1 heterocycles. The molecular formula is C20H20N2O2. The van der Waals surface area contributed by atoms with Crippen molar-refractivity contribution in [2.45, 2.75) is 26.4 Å². The Morgan fingerprint density at radius 2 is 1.71 bits per heavy atom. The molecular weight excluding hydrogens is 300 g/mol. The van der Waals surface area contributed by atoms with Gasteiger partial charge in [-0.25, -0.2) is 0 Å². The molecule has 3 aromatic rings. The predicted octanol–water partition coefficient (Wildman–Crippen LogP) is 4.66. The maximum Gasteiger partial charge on any atom is 0.293 e. The first kappa shape index (κ1) is 17.3. The highest BCUT2D eigenvalue weighted by Crippen LogP contribution is 2.24. The van der Waals surface area contributed by atoms with Gasteiger partial charge in [0.15, 0.2) is 0 Å². The Bertz CT molecular complexity index is 850. The van der Waals surface area contributed by atoms with Gasteiger partial charge in [0.1, 0.15) is 5.60 Å². The molecule has 0 bridgehead atoms. The lowest BCUT2D eigenvalue weighted by Crippen LogP contribution is -2.17. The predicted molar refractivity (Wildman–Crippen MR) is 95.4 cm³/mol. The van der Waals surface area contributed by atoms with Crippen LogP contribution in [0.2, 0.25) is 0 Å². The van der Waals surface area contributed by atoms with E-state index in [1.807, 2.05) is 51.2 Å². The van der Waals surface area contributed by atoms with Gasteiger partial charge in [0.2, 0.25) is 0 Å². The van der Waals surface area contributed by atoms with E-state index in [2.05, 4.69) is 40.1 Å². The van der Waals surface area contributed by atoms with E-state index >= 15 is 0 Å². The standard InChI is InChI=1S/C15H10N2.C5H10O2/c16-10-11-1-3-12(4-2-11)13-5-6-15-14(9-13)7-8-17-15;1-5(2,3)7-4-6/h1-9,17H;4H,1-3H3. The fourth-order valence-electron chi connectivity index (χ4n) is 2.11. The molecule has 0 spiro atoms. The summed E-state index contributed by atoms with van der Waals surface area (Å²) in [4.78, 5) is 12.8. The van der Waals surface area contributed by atoms with E-state index < -0.39 is 0 Å². The van der Waals surface area contributed by atoms with Crippen LogP contribution in [0.5, 0.6) is 0 Å². The first-order valence-electron chi connectivity index (χ1n) is 7.62. The van der Waals surface area contributed by atoms with Gasteiger partial charge in [0.25, 0.3) is 6.47 Å². The maximum absolute atomic E-state index is 9.60. The summed E-state index contributed by atoms with van der Waals surface area (Å²) >= 11 is 0. The van der Waals surface area contributed by atoms with Crippen LogP contribution in [0.3, 0.4) is 0 Å². The third kappa shape index (κ3) is 4.72. The van der Waals surface area contributed by atoms with Crippen molar-refractivity contribution in [3.8, 4) is 17.2 Å². The zero-order valence-corrected chi connectivity index (χ0v) is 14.0. The number of nitrogens with zero attached hydrogens (tertiary/aromatic N) is 1. The third-order valence-corrected chi connectivity index (χ3v) is 3.30. The van der Waals surface area contributed by atoms with Crippen LogP contribution in [0.4, 0.5) is 0 Å². The number of nitriles is 1. The molecule has 2 aromatic carbocycles. The van der Waals surface area contributed by atoms with Crippen molar-refractivity contribution >= 4 is 17.4 Å². The summed E-state index contributed by atoms with van der Waals surface area (Å²) in [5.74, 6) is 0. The second kappa shape index (κ2) is 7.47. The fourth-order valence-corrected chi connectivity index (χ4v) is 2.11. The van der Waals surface area contributed by atoms with Crippen LogP contribution in [0, 0.1) is 11.3 Å². The molecule has 1 N–H and O–H groups in total. The van der Waals surface area contributed by atoms with E-state index in [4.69, 9.17) is 5.26 Å². The van der Waals surface area contributed by atoms with E-state index in [0.29, 0.717) is 12.0 Å². The number of hydrogen-bond acceptors (Lipinski definition) is 3. The van der Waals surface area contributed by atoms with Crippen molar-refractivity contribution in [2.24, 2.45) is 0 Å². The first-order valence-corrected chi connectivity index (χ1v) is 7.62. The van der Waals surface area contributed by atoms with Crippen LogP contribution in [0.25, 0.3) is 22.0 Å². The first-order chi connectivity index (χ1) is 11.4. The summed E-state index contributed by atoms with van der Waals surface area (Å²) in [5, 5.41) is 9.96. The third-order valence-electron chi connectivity index (χ3n) is 3.30. The lowest BCUT2D eigenvalue weighted by Gasteiger charge is -2.14. The smallest absolute Gasteiger partial charge is 0.293 e. The van der Waals surface area contributed by atoms with Crippen molar-refractivity contribution in [3.63, 3.8) is 0 Å². The van der Waals surface area contributed by atoms with Gasteiger partial charge in [0.05, 0.1) is 11.6 Å². The van der Waals surface area contributed by atoms with Crippen LogP contribution in [0.1, 0.15) is 26.3 Å². The Balaban J connectivity index is 0.000000256. The number of aromatic nitrogens is 1. The Morgan fingerprint density at radius 1 is 1.04 bits per heavy atom. The van der Waals surface area contributed by atoms with Crippen molar-refractivity contribution in [3.05, 3.63) is 60.3 Å². The molecule has 0 saturated heterocycles. The number of ether oxygens (including phenoxy) is 1. The molecule has 122 valence electrons. The van der Waals surface area contributed by atoms with E-state index in [0.717, 1.165) is 11.1 Å². The lowest BCUT2D eigenvalue weighted by molar-refractivity contribution is -0.138. The summed E-state index contributed by atoms with van der Waals surface area (Å²) < 4.78 is 4.55. The molecule has 0 saturated carbocycles. The summed E-state index contributed by atoms with van der Waals surface area (Å²) in [6.07, 6.45) is 1.94. The molecule has 1 aromatic heterocycles. The Kier molecular flexibility index (Phi) is 5.39. The molecule has 0 radical (unpaired) electrons. The monoisotopic (exact) mass is 320 g/mol. The average Bonchev–Trinajstić information content (AvgIpc) is 3.02. The highest BCUT2D eigenvalue weighted by molar-refractivity contribution is 5.85. The second-order valence-corrected chi connectivity index (χ2v) is 6.30. The van der Waals surface area contributed by atoms with Crippen LogP contribution in [-0.2, 0) is 9.53 Å². The van der Waals surface area contributed by atoms with Crippen molar-refractivity contribution in [1.82, 2.24) is 4.98 Å². The van der Waals surface area contributed by atoms with Gasteiger partial charge in [-0.05, 0) is 67.6 Å². The van der Waals surface area contributed by atoms with Crippen molar-refractivity contribution in [1.29, 1.82) is 5.26 Å². The van der Waals surface area contributed by atoms with Gasteiger partial charge in [-0.1, -0.05) is 18.2 Å². The van der Waals surface area contributed by atoms with Gasteiger partial charge in [-0.3, -0.25) is 4.79 Å². The van der Waals surface area contributed by atoms with Gasteiger partial charge < -0.3 is 9.72 Å². The molecule has 0 aliphatic rings. The number of carbonyl (C=O) groups is 1. The number of rotatable bonds is 2. The largest absolute Gasteiger partial charge is 0.462 e. The minimum absolute atomic E-state index is 0.318. The van der Waals surface area contributed by atoms with Crippen LogP contribution >= 0.6 is 0 Å². The van der Waals surface area contributed by atoms with Gasteiger partial charge in [-0.15, -0.1) is 0 Å². The molecule has 4 heteroatoms. The normalized spacial score (nSPS) is 10.4. The zero-order valence-electron chi connectivity index (χ0n) is 14.0. The topological polar surface area (TPSA) is 65.9 Å². The average molecular weight is 320 g/mol. The van der Waals surface area contributed by atoms with Crippen molar-refractivity contribution in [2.75, 3.05) is 0 Å². The van der Waals surface area contributed by atoms with Crippen LogP contribution in [-0.4, -0.2) is 17.1 Å². The van der Waals surface area contributed by atoms with E-state index in [9.17, 15) is 4.79 Å². The number of fused-ring (bicyclic) bond motifs is 1. The van der Waals surface area contributed by atoms with Gasteiger partial charge >= 0.3 is 0 Å². The highest BCUT2D eigenvalue weighted by Gasteiger charge is 2.07. The number of carbonyl (C=O) groups excluding carboxylic acids is 1. The van der Waals surface area contributed by atoms with Crippen LogP contribution < -0.4 is 0 Å². The number of benzene rings is 2. The molecule has 0 unspecified atom stereocenters. The molecule has 0 fully saturated rings. The Morgan fingerprint density at radius 3 is 2.25 bits per heavy atom. The van der Waals surface area contributed by atoms with Crippen molar-refractivity contribution < 1.29 is 9.53 Å². The lowest BCUT2D eigenvalue weighted by atomic mass is 10.0. The minimum atomic E-state index is -0.318. The number of nitrogens with one attached hydrogen (secondary N) is 1. The molecule has 3 rings (SSSR count). The summed E-state index contributed by atoms with van der Waals surface area (Å²) in [6.45, 7) is 5.92. The van der Waals surface area contributed by atoms with Crippen LogP contribution in [0.15, 0.2) is 54.7 Å². The second-order valence-electron chi connectivity index (χ2n) is 6.30. The van der Waals surface area contributed by atoms with E-state index in [1.54, 1.807) is 0 Å². The molecule has 0 atom stereocenters. The summed E-state index contributed by atoms with van der Waals surface area (Å²) in [7, 11) is 0. The van der Waals surface area contributed by atoms with E-state index in [-0.39, 0.29) is 5.60 Å². The molecule has 0 amide bonds. The Hall–Kier alpha value is -3.06. The highest BCUT2D eigenvalue weighted by atomic mass is 16.5. The van der Waals surface area contributed by atoms with Gasteiger partial charge in [0, 0.05) is 11.7 Å². The molecule has 24 heavy (non-hydrogen) atoms. The molecule has 4 nitrogen and oxygen atoms in total. The summed E-state index contributed by atoms with van der Waals surface area (Å²) in [6, 6.07) is 18.1. The number of H-pyrrole nitrogens is 1. The zero-order chi connectivity index (χ0) is 17.6. The molecule has 0 aliphatic carbocycles. The fraction of sp³-hybridized carbons (Fsp3) is 0.200. The SMILES string of the molecule is CC(C)(C)OC=O.N#Cc1ccc(-c2ccc3[nH]ccc3c2)cc1. The quantitative estimate of drug-likeness (QED) is 0.698. The molecule has 0 aliphatic heterocycles. The summed E-state index contributed by atoms with van der Waals surface area (Å²) in [5.41, 5.74) is 3.81. The van der Waals surface area contributed by atoms with Gasteiger partial charge in [-0.2, -0.15) is 5.26 Å². The Labute approximate surface area is 141 Å². The van der Waals surface area contributed by atoms with E-state index in [1.165, 1.54) is 10.9 Å². The maximum atomic E-state index is 9.60. The number of hydrogen-bond donors (Lipinski definition) is 1. The minimum Gasteiger partial charge on any atom is -0.462 e.